The summed E-state index contributed by atoms with van der Waals surface area (Å²) in [5.74, 6) is 0.792. The summed E-state index contributed by atoms with van der Waals surface area (Å²) in [6.07, 6.45) is 1.74. The number of benzene rings is 1. The van der Waals surface area contributed by atoms with Crippen LogP contribution in [0.15, 0.2) is 48.7 Å². The van der Waals surface area contributed by atoms with Crippen LogP contribution in [-0.2, 0) is 0 Å². The van der Waals surface area contributed by atoms with Crippen LogP contribution in [0.25, 0.3) is 0 Å². The summed E-state index contributed by atoms with van der Waals surface area (Å²) in [6, 6.07) is 13.2. The summed E-state index contributed by atoms with van der Waals surface area (Å²) < 4.78 is 5.28. The van der Waals surface area contributed by atoms with E-state index in [0.717, 1.165) is 17.0 Å². The predicted molar refractivity (Wildman–Crippen MR) is 63.3 cm³/mol. The summed E-state index contributed by atoms with van der Waals surface area (Å²) in [4.78, 5) is 4.25. The number of pyridine rings is 1. The van der Waals surface area contributed by atoms with Crippen LogP contribution in [0.4, 0.5) is 0 Å². The van der Waals surface area contributed by atoms with E-state index < -0.39 is 0 Å². The minimum absolute atomic E-state index is 0.252. The number of para-hydroxylation sites is 1. The first-order valence-corrected chi connectivity index (χ1v) is 5.12. The zero-order valence-electron chi connectivity index (χ0n) is 9.13. The molecule has 1 aromatic heterocycles. The van der Waals surface area contributed by atoms with Gasteiger partial charge in [-0.2, -0.15) is 0 Å². The number of methoxy groups -OCH3 is 1. The molecule has 82 valence electrons. The van der Waals surface area contributed by atoms with Gasteiger partial charge in [0.25, 0.3) is 0 Å². The van der Waals surface area contributed by atoms with Crippen LogP contribution in [0.3, 0.4) is 0 Å². The number of nitrogens with zero attached hydrogens (tertiary/aromatic N) is 1. The Morgan fingerprint density at radius 3 is 2.56 bits per heavy atom. The molecule has 1 heterocycles. The Balaban J connectivity index is 2.37. The lowest BCUT2D eigenvalue weighted by Gasteiger charge is -2.14. The highest BCUT2D eigenvalue weighted by molar-refractivity contribution is 5.39. The molecule has 2 aromatic rings. The molecule has 3 heteroatoms. The van der Waals surface area contributed by atoms with Crippen LogP contribution in [0.2, 0.25) is 0 Å². The van der Waals surface area contributed by atoms with Crippen molar-refractivity contribution in [3.05, 3.63) is 59.9 Å². The fraction of sp³-hybridized carbons (Fsp3) is 0.154. The van der Waals surface area contributed by atoms with Crippen molar-refractivity contribution in [3.63, 3.8) is 0 Å². The minimum atomic E-state index is -0.252. The molecule has 16 heavy (non-hydrogen) atoms. The third-order valence-corrected chi connectivity index (χ3v) is 2.48. The number of hydrogen-bond acceptors (Lipinski definition) is 3. The molecule has 3 nitrogen and oxygen atoms in total. The Morgan fingerprint density at radius 2 is 1.88 bits per heavy atom. The average Bonchev–Trinajstić information content (AvgIpc) is 2.39. The third kappa shape index (κ3) is 2.04. The summed E-state index contributed by atoms with van der Waals surface area (Å²) in [5, 5.41) is 0. The molecule has 1 atom stereocenters. The lowest BCUT2D eigenvalue weighted by atomic mass is 10.0. The quantitative estimate of drug-likeness (QED) is 0.851. The molecule has 0 fully saturated rings. The monoisotopic (exact) mass is 214 g/mol. The smallest absolute Gasteiger partial charge is 0.124 e. The molecule has 0 amide bonds. The fourth-order valence-electron chi connectivity index (χ4n) is 1.64. The highest BCUT2D eigenvalue weighted by Gasteiger charge is 2.13. The Hall–Kier alpha value is -1.87. The zero-order chi connectivity index (χ0) is 11.4. The van der Waals surface area contributed by atoms with Crippen molar-refractivity contribution < 1.29 is 4.74 Å². The third-order valence-electron chi connectivity index (χ3n) is 2.48. The van der Waals surface area contributed by atoms with Crippen LogP contribution in [0.1, 0.15) is 17.3 Å². The van der Waals surface area contributed by atoms with E-state index in [1.807, 2.05) is 42.5 Å². The second-order valence-electron chi connectivity index (χ2n) is 3.47. The minimum Gasteiger partial charge on any atom is -0.496 e. The first-order valence-electron chi connectivity index (χ1n) is 5.12. The van der Waals surface area contributed by atoms with Crippen molar-refractivity contribution in [1.29, 1.82) is 0 Å². The fourth-order valence-corrected chi connectivity index (χ4v) is 1.64. The van der Waals surface area contributed by atoms with Gasteiger partial charge in [0.2, 0.25) is 0 Å². The second-order valence-corrected chi connectivity index (χ2v) is 3.47. The SMILES string of the molecule is COc1ccccc1[C@H](N)c1ccccn1. The van der Waals surface area contributed by atoms with Crippen molar-refractivity contribution in [2.75, 3.05) is 7.11 Å². The van der Waals surface area contributed by atoms with Crippen molar-refractivity contribution in [2.24, 2.45) is 5.73 Å². The molecule has 1 aromatic carbocycles. The van der Waals surface area contributed by atoms with E-state index in [1.165, 1.54) is 0 Å². The van der Waals surface area contributed by atoms with E-state index in [2.05, 4.69) is 4.98 Å². The second kappa shape index (κ2) is 4.77. The summed E-state index contributed by atoms with van der Waals surface area (Å²) in [6.45, 7) is 0. The van der Waals surface area contributed by atoms with Crippen LogP contribution < -0.4 is 10.5 Å². The number of hydrogen-bond donors (Lipinski definition) is 1. The van der Waals surface area contributed by atoms with Crippen molar-refractivity contribution in [2.45, 2.75) is 6.04 Å². The van der Waals surface area contributed by atoms with Crippen LogP contribution in [-0.4, -0.2) is 12.1 Å². The maximum absolute atomic E-state index is 6.15. The standard InChI is InChI=1S/C13H14N2O/c1-16-12-8-3-2-6-10(12)13(14)11-7-4-5-9-15-11/h2-9,13H,14H2,1H3/t13-/m0/s1. The summed E-state index contributed by atoms with van der Waals surface area (Å²) >= 11 is 0. The van der Waals surface area contributed by atoms with Gasteiger partial charge in [-0.05, 0) is 18.2 Å². The van der Waals surface area contributed by atoms with Gasteiger partial charge in [-0.3, -0.25) is 4.98 Å². The van der Waals surface area contributed by atoms with Crippen LogP contribution in [0.5, 0.6) is 5.75 Å². The molecule has 0 bridgehead atoms. The first-order chi connectivity index (χ1) is 7.83. The van der Waals surface area contributed by atoms with Crippen molar-refractivity contribution in [1.82, 2.24) is 4.98 Å². The molecule has 0 saturated carbocycles. The molecule has 0 spiro atoms. The lowest BCUT2D eigenvalue weighted by Crippen LogP contribution is -2.14. The molecular formula is C13H14N2O. The molecule has 0 aliphatic rings. The van der Waals surface area contributed by atoms with Gasteiger partial charge in [0.15, 0.2) is 0 Å². The number of ether oxygens (including phenoxy) is 1. The van der Waals surface area contributed by atoms with E-state index in [9.17, 15) is 0 Å². The van der Waals surface area contributed by atoms with E-state index >= 15 is 0 Å². The highest BCUT2D eigenvalue weighted by Crippen LogP contribution is 2.26. The zero-order valence-corrected chi connectivity index (χ0v) is 9.13. The molecular weight excluding hydrogens is 200 g/mol. The molecule has 0 saturated heterocycles. The highest BCUT2D eigenvalue weighted by atomic mass is 16.5. The van der Waals surface area contributed by atoms with Gasteiger partial charge in [-0.15, -0.1) is 0 Å². The predicted octanol–water partition coefficient (Wildman–Crippen LogP) is 2.14. The van der Waals surface area contributed by atoms with Crippen molar-refractivity contribution >= 4 is 0 Å². The molecule has 0 aliphatic heterocycles. The van der Waals surface area contributed by atoms with Gasteiger partial charge in [0.05, 0.1) is 18.8 Å². The topological polar surface area (TPSA) is 48.1 Å². The van der Waals surface area contributed by atoms with Gasteiger partial charge in [0.1, 0.15) is 5.75 Å². The van der Waals surface area contributed by atoms with Crippen LogP contribution >= 0.6 is 0 Å². The average molecular weight is 214 g/mol. The van der Waals surface area contributed by atoms with E-state index in [4.69, 9.17) is 10.5 Å². The normalized spacial score (nSPS) is 12.1. The lowest BCUT2D eigenvalue weighted by molar-refractivity contribution is 0.407. The largest absolute Gasteiger partial charge is 0.496 e. The number of nitrogens with two attached hydrogens (primary N) is 1. The van der Waals surface area contributed by atoms with Gasteiger partial charge < -0.3 is 10.5 Å². The Bertz CT molecular complexity index is 456. The Morgan fingerprint density at radius 1 is 1.12 bits per heavy atom. The molecule has 2 N–H and O–H groups in total. The maximum atomic E-state index is 6.15. The Kier molecular flexibility index (Phi) is 3.17. The summed E-state index contributed by atoms with van der Waals surface area (Å²) in [5.41, 5.74) is 7.94. The van der Waals surface area contributed by atoms with E-state index in [1.54, 1.807) is 13.3 Å². The molecule has 2 rings (SSSR count). The number of aromatic nitrogens is 1. The maximum Gasteiger partial charge on any atom is 0.124 e. The van der Waals surface area contributed by atoms with E-state index in [0.29, 0.717) is 0 Å². The molecule has 0 radical (unpaired) electrons. The summed E-state index contributed by atoms with van der Waals surface area (Å²) in [7, 11) is 1.64. The van der Waals surface area contributed by atoms with Crippen molar-refractivity contribution in [3.8, 4) is 5.75 Å². The van der Waals surface area contributed by atoms with Gasteiger partial charge in [-0.1, -0.05) is 24.3 Å². The van der Waals surface area contributed by atoms with Crippen LogP contribution in [0, 0.1) is 0 Å². The Labute approximate surface area is 94.9 Å². The van der Waals surface area contributed by atoms with Gasteiger partial charge in [0, 0.05) is 11.8 Å². The molecule has 0 aliphatic carbocycles. The van der Waals surface area contributed by atoms with Gasteiger partial charge >= 0.3 is 0 Å². The van der Waals surface area contributed by atoms with E-state index in [-0.39, 0.29) is 6.04 Å². The molecule has 0 unspecified atom stereocenters. The number of rotatable bonds is 3. The van der Waals surface area contributed by atoms with Gasteiger partial charge in [-0.25, -0.2) is 0 Å². The first kappa shape index (κ1) is 10.6.